The first-order valence-corrected chi connectivity index (χ1v) is 11.1. The highest BCUT2D eigenvalue weighted by Gasteiger charge is 2.43. The largest absolute Gasteiger partial charge is 0.491 e. The fourth-order valence-corrected chi connectivity index (χ4v) is 4.51. The molecular formula is C25H39NO4. The molecule has 5 heteroatoms. The van der Waals surface area contributed by atoms with Gasteiger partial charge in [-0.25, -0.2) is 0 Å². The molecular weight excluding hydrogens is 378 g/mol. The van der Waals surface area contributed by atoms with Gasteiger partial charge < -0.3 is 9.47 Å². The van der Waals surface area contributed by atoms with E-state index in [1.807, 2.05) is 38.1 Å². The molecule has 1 unspecified atom stereocenters. The standard InChI is InChI=1S/C25H39NO4/c1-18(2)25(14-15-29-24(6,7)17-25)13-12-23(28)26(20(5)27)16-21-8-10-22(11-9-21)30-19(3)4/h8-11,18-19H,12-17H2,1-7H3. The molecule has 1 fully saturated rings. The minimum Gasteiger partial charge on any atom is -0.491 e. The van der Waals surface area contributed by atoms with E-state index in [1.165, 1.54) is 11.8 Å². The number of rotatable bonds is 8. The van der Waals surface area contributed by atoms with Gasteiger partial charge in [0.25, 0.3) is 0 Å². The van der Waals surface area contributed by atoms with Gasteiger partial charge in [0, 0.05) is 20.0 Å². The first-order chi connectivity index (χ1) is 13.9. The number of carbonyl (C=O) groups excluding carboxylic acids is 2. The number of nitrogens with zero attached hydrogens (tertiary/aromatic N) is 1. The lowest BCUT2D eigenvalue weighted by Crippen LogP contribution is -2.45. The van der Waals surface area contributed by atoms with Crippen LogP contribution in [0.5, 0.6) is 5.75 Å². The van der Waals surface area contributed by atoms with Crippen molar-refractivity contribution in [2.24, 2.45) is 11.3 Å². The van der Waals surface area contributed by atoms with Gasteiger partial charge in [-0.3, -0.25) is 14.5 Å². The Hall–Kier alpha value is -1.88. The summed E-state index contributed by atoms with van der Waals surface area (Å²) in [6, 6.07) is 7.60. The molecule has 5 nitrogen and oxygen atoms in total. The zero-order valence-corrected chi connectivity index (χ0v) is 19.8. The number of benzene rings is 1. The van der Waals surface area contributed by atoms with Gasteiger partial charge in [-0.2, -0.15) is 0 Å². The average molecular weight is 418 g/mol. The van der Waals surface area contributed by atoms with Crippen LogP contribution in [0.15, 0.2) is 24.3 Å². The van der Waals surface area contributed by atoms with Crippen LogP contribution >= 0.6 is 0 Å². The summed E-state index contributed by atoms with van der Waals surface area (Å²) in [4.78, 5) is 26.6. The van der Waals surface area contributed by atoms with Gasteiger partial charge in [0.05, 0.1) is 18.2 Å². The normalized spacial score (nSPS) is 21.0. The van der Waals surface area contributed by atoms with E-state index in [-0.39, 0.29) is 28.9 Å². The molecule has 168 valence electrons. The predicted octanol–water partition coefficient (Wildman–Crippen LogP) is 5.36. The molecule has 1 aliphatic rings. The zero-order chi connectivity index (χ0) is 22.5. The lowest BCUT2D eigenvalue weighted by Gasteiger charge is -2.48. The van der Waals surface area contributed by atoms with Gasteiger partial charge in [-0.05, 0) is 76.0 Å². The molecule has 0 bridgehead atoms. The summed E-state index contributed by atoms with van der Waals surface area (Å²) in [5, 5.41) is 0. The van der Waals surface area contributed by atoms with Gasteiger partial charge in [-0.1, -0.05) is 26.0 Å². The van der Waals surface area contributed by atoms with Crippen molar-refractivity contribution in [1.29, 1.82) is 0 Å². The molecule has 1 saturated heterocycles. The molecule has 1 aromatic rings. The maximum absolute atomic E-state index is 13.0. The molecule has 0 aliphatic carbocycles. The molecule has 0 N–H and O–H groups in total. The Balaban J connectivity index is 2.05. The van der Waals surface area contributed by atoms with E-state index in [0.717, 1.165) is 37.2 Å². The second-order valence-corrected chi connectivity index (χ2v) is 9.86. The molecule has 1 atom stereocenters. The van der Waals surface area contributed by atoms with Crippen molar-refractivity contribution in [3.8, 4) is 5.75 Å². The van der Waals surface area contributed by atoms with Crippen LogP contribution in [0.3, 0.4) is 0 Å². The number of hydrogen-bond donors (Lipinski definition) is 0. The number of ether oxygens (including phenoxy) is 2. The van der Waals surface area contributed by atoms with Crippen LogP contribution in [0.2, 0.25) is 0 Å². The molecule has 2 rings (SSSR count). The summed E-state index contributed by atoms with van der Waals surface area (Å²) in [7, 11) is 0. The van der Waals surface area contributed by atoms with Crippen molar-refractivity contribution in [3.63, 3.8) is 0 Å². The lowest BCUT2D eigenvalue weighted by atomic mass is 9.64. The third-order valence-corrected chi connectivity index (χ3v) is 6.25. The zero-order valence-electron chi connectivity index (χ0n) is 19.8. The van der Waals surface area contributed by atoms with Crippen LogP contribution in [0.25, 0.3) is 0 Å². The van der Waals surface area contributed by atoms with Crippen molar-refractivity contribution in [2.45, 2.75) is 92.4 Å². The Kier molecular flexibility index (Phi) is 8.09. The van der Waals surface area contributed by atoms with Crippen molar-refractivity contribution in [1.82, 2.24) is 4.90 Å². The van der Waals surface area contributed by atoms with Crippen LogP contribution in [0.1, 0.15) is 79.7 Å². The summed E-state index contributed by atoms with van der Waals surface area (Å²) in [6.45, 7) is 15.1. The molecule has 1 aromatic carbocycles. The topological polar surface area (TPSA) is 55.8 Å². The third kappa shape index (κ3) is 6.56. The van der Waals surface area contributed by atoms with Gasteiger partial charge >= 0.3 is 0 Å². The lowest BCUT2D eigenvalue weighted by molar-refractivity contribution is -0.147. The van der Waals surface area contributed by atoms with Crippen molar-refractivity contribution in [3.05, 3.63) is 29.8 Å². The van der Waals surface area contributed by atoms with Crippen LogP contribution in [0, 0.1) is 11.3 Å². The summed E-state index contributed by atoms with van der Waals surface area (Å²) in [5.74, 6) is 0.922. The Bertz CT molecular complexity index is 723. The van der Waals surface area contributed by atoms with E-state index in [4.69, 9.17) is 9.47 Å². The second kappa shape index (κ2) is 9.95. The fourth-order valence-electron chi connectivity index (χ4n) is 4.51. The van der Waals surface area contributed by atoms with E-state index in [0.29, 0.717) is 18.9 Å². The SMILES string of the molecule is CC(=O)N(Cc1ccc(OC(C)C)cc1)C(=O)CCC1(C(C)C)CCOC(C)(C)C1. The number of amides is 2. The Morgan fingerprint density at radius 1 is 1.13 bits per heavy atom. The van der Waals surface area contributed by atoms with Gasteiger partial charge in [0.2, 0.25) is 11.8 Å². The van der Waals surface area contributed by atoms with E-state index >= 15 is 0 Å². The highest BCUT2D eigenvalue weighted by molar-refractivity contribution is 5.94. The van der Waals surface area contributed by atoms with Crippen LogP contribution < -0.4 is 4.74 Å². The van der Waals surface area contributed by atoms with E-state index in [1.54, 1.807) is 0 Å². The highest BCUT2D eigenvalue weighted by atomic mass is 16.5. The monoisotopic (exact) mass is 417 g/mol. The summed E-state index contributed by atoms with van der Waals surface area (Å²) in [5.41, 5.74) is 0.807. The molecule has 2 amide bonds. The number of imide groups is 1. The van der Waals surface area contributed by atoms with Crippen LogP contribution in [-0.4, -0.2) is 35.0 Å². The third-order valence-electron chi connectivity index (χ3n) is 6.25. The summed E-state index contributed by atoms with van der Waals surface area (Å²) in [6.07, 6.45) is 3.15. The molecule has 0 spiro atoms. The van der Waals surface area contributed by atoms with Crippen LogP contribution in [-0.2, 0) is 20.9 Å². The molecule has 1 aliphatic heterocycles. The van der Waals surface area contributed by atoms with E-state index < -0.39 is 0 Å². The second-order valence-electron chi connectivity index (χ2n) is 9.86. The molecule has 0 radical (unpaired) electrons. The van der Waals surface area contributed by atoms with Gasteiger partial charge in [0.1, 0.15) is 5.75 Å². The molecule has 1 heterocycles. The smallest absolute Gasteiger partial charge is 0.229 e. The number of hydrogen-bond acceptors (Lipinski definition) is 4. The minimum absolute atomic E-state index is 0.0652. The van der Waals surface area contributed by atoms with Gasteiger partial charge in [-0.15, -0.1) is 0 Å². The number of carbonyl (C=O) groups is 2. The molecule has 0 saturated carbocycles. The van der Waals surface area contributed by atoms with Crippen LogP contribution in [0.4, 0.5) is 0 Å². The van der Waals surface area contributed by atoms with Crippen molar-refractivity contribution in [2.75, 3.05) is 6.61 Å². The fraction of sp³-hybridized carbons (Fsp3) is 0.680. The van der Waals surface area contributed by atoms with E-state index in [9.17, 15) is 9.59 Å². The first kappa shape index (κ1) is 24.4. The minimum atomic E-state index is -0.214. The highest BCUT2D eigenvalue weighted by Crippen LogP contribution is 2.47. The maximum atomic E-state index is 13.0. The Morgan fingerprint density at radius 2 is 1.77 bits per heavy atom. The maximum Gasteiger partial charge on any atom is 0.229 e. The molecule has 0 aromatic heterocycles. The predicted molar refractivity (Wildman–Crippen MR) is 119 cm³/mol. The first-order valence-electron chi connectivity index (χ1n) is 11.1. The van der Waals surface area contributed by atoms with Crippen molar-refractivity contribution >= 4 is 11.8 Å². The van der Waals surface area contributed by atoms with Gasteiger partial charge in [0.15, 0.2) is 0 Å². The Morgan fingerprint density at radius 3 is 2.27 bits per heavy atom. The Labute approximate surface area is 182 Å². The summed E-state index contributed by atoms with van der Waals surface area (Å²) >= 11 is 0. The summed E-state index contributed by atoms with van der Waals surface area (Å²) < 4.78 is 11.6. The quantitative estimate of drug-likeness (QED) is 0.571. The van der Waals surface area contributed by atoms with E-state index in [2.05, 4.69) is 27.7 Å². The molecule has 30 heavy (non-hydrogen) atoms. The van der Waals surface area contributed by atoms with Crippen molar-refractivity contribution < 1.29 is 19.1 Å². The average Bonchev–Trinajstić information content (AvgIpc) is 2.64.